The molecule has 2 N–H and O–H groups in total. The van der Waals surface area contributed by atoms with Crippen LogP contribution in [-0.4, -0.2) is 51.2 Å². The smallest absolute Gasteiger partial charge is 0.407 e. The van der Waals surface area contributed by atoms with Crippen molar-refractivity contribution in [1.82, 2.24) is 15.1 Å². The van der Waals surface area contributed by atoms with Gasteiger partial charge in [0.2, 0.25) is 5.91 Å². The van der Waals surface area contributed by atoms with E-state index in [2.05, 4.69) is 31.0 Å². The van der Waals surface area contributed by atoms with Crippen molar-refractivity contribution in [3.63, 3.8) is 0 Å². The number of nitrogens with one attached hydrogen (secondary N) is 1. The molecule has 6 nitrogen and oxygen atoms in total. The predicted octanol–water partition coefficient (Wildman–Crippen LogP) is 3.08. The van der Waals surface area contributed by atoms with Crippen LogP contribution in [0.1, 0.15) is 45.2 Å². The molecule has 0 bridgehead atoms. The Hall–Kier alpha value is -1.79. The van der Waals surface area contributed by atoms with Crippen LogP contribution in [0.4, 0.5) is 4.79 Å². The molecule has 2 aliphatic heterocycles. The summed E-state index contributed by atoms with van der Waals surface area (Å²) in [5.41, 5.74) is 0.106. The molecule has 0 radical (unpaired) electrons. The molecule has 2 aliphatic rings. The summed E-state index contributed by atoms with van der Waals surface area (Å²) in [4.78, 5) is 27.7. The molecule has 2 saturated heterocycles. The number of hydrogen-bond acceptors (Lipinski definition) is 3. The number of benzene rings is 1. The SMILES string of the molecule is CC(C)(C)N1C(c2ccc(Cl)cc2)C(=O)NC12CCN(C(=O)O)CC2. The molecular weight excluding hydrogens is 342 g/mol. The lowest BCUT2D eigenvalue weighted by Gasteiger charge is -2.50. The van der Waals surface area contributed by atoms with Gasteiger partial charge < -0.3 is 15.3 Å². The fourth-order valence-electron chi connectivity index (χ4n) is 4.13. The quantitative estimate of drug-likeness (QED) is 0.802. The number of carbonyl (C=O) groups excluding carboxylic acids is 1. The minimum Gasteiger partial charge on any atom is -0.465 e. The van der Waals surface area contributed by atoms with Crippen molar-refractivity contribution < 1.29 is 14.7 Å². The maximum atomic E-state index is 12.9. The van der Waals surface area contributed by atoms with Gasteiger partial charge in [0.15, 0.2) is 0 Å². The van der Waals surface area contributed by atoms with Gasteiger partial charge in [-0.15, -0.1) is 0 Å². The maximum absolute atomic E-state index is 12.9. The number of nitrogens with zero attached hydrogens (tertiary/aromatic N) is 2. The van der Waals surface area contributed by atoms with Gasteiger partial charge >= 0.3 is 6.09 Å². The van der Waals surface area contributed by atoms with Gasteiger partial charge in [0, 0.05) is 36.5 Å². The van der Waals surface area contributed by atoms with Crippen LogP contribution in [-0.2, 0) is 4.79 Å². The topological polar surface area (TPSA) is 72.9 Å². The first-order valence-electron chi connectivity index (χ1n) is 8.49. The van der Waals surface area contributed by atoms with E-state index in [0.717, 1.165) is 5.56 Å². The monoisotopic (exact) mass is 365 g/mol. The van der Waals surface area contributed by atoms with Crippen molar-refractivity contribution in [2.45, 2.75) is 50.9 Å². The molecule has 136 valence electrons. The minimum atomic E-state index is -0.907. The van der Waals surface area contributed by atoms with Gasteiger partial charge in [-0.1, -0.05) is 23.7 Å². The zero-order valence-electron chi connectivity index (χ0n) is 14.8. The van der Waals surface area contributed by atoms with Crippen LogP contribution in [0.5, 0.6) is 0 Å². The lowest BCUT2D eigenvalue weighted by atomic mass is 9.89. The molecule has 1 unspecified atom stereocenters. The third-order valence-electron chi connectivity index (χ3n) is 5.09. The molecule has 2 heterocycles. The van der Waals surface area contributed by atoms with E-state index >= 15 is 0 Å². The van der Waals surface area contributed by atoms with E-state index in [9.17, 15) is 14.7 Å². The van der Waals surface area contributed by atoms with Crippen LogP contribution in [0, 0.1) is 0 Å². The standard InChI is InChI=1S/C18H24ClN3O3/c1-17(2,3)22-14(12-4-6-13(19)7-5-12)15(23)20-18(22)8-10-21(11-9-18)16(24)25/h4-7,14H,8-11H2,1-3H3,(H,20,23)(H,24,25). The molecule has 0 saturated carbocycles. The molecule has 2 fully saturated rings. The van der Waals surface area contributed by atoms with Crippen molar-refractivity contribution >= 4 is 23.6 Å². The Morgan fingerprint density at radius 3 is 2.28 bits per heavy atom. The predicted molar refractivity (Wildman–Crippen MR) is 95.5 cm³/mol. The van der Waals surface area contributed by atoms with Crippen molar-refractivity contribution in [2.24, 2.45) is 0 Å². The summed E-state index contributed by atoms with van der Waals surface area (Å²) >= 11 is 5.99. The lowest BCUT2D eigenvalue weighted by Crippen LogP contribution is -2.63. The van der Waals surface area contributed by atoms with Crippen molar-refractivity contribution in [2.75, 3.05) is 13.1 Å². The number of piperidine rings is 1. The molecule has 7 heteroatoms. The fraction of sp³-hybridized carbons (Fsp3) is 0.556. The molecule has 1 atom stereocenters. The zero-order valence-corrected chi connectivity index (χ0v) is 15.5. The van der Waals surface area contributed by atoms with E-state index in [1.54, 1.807) is 12.1 Å². The van der Waals surface area contributed by atoms with E-state index in [1.807, 2.05) is 12.1 Å². The fourth-order valence-corrected chi connectivity index (χ4v) is 4.26. The van der Waals surface area contributed by atoms with Gasteiger partial charge in [0.05, 0.1) is 5.66 Å². The molecule has 25 heavy (non-hydrogen) atoms. The molecule has 1 aromatic rings. The maximum Gasteiger partial charge on any atom is 0.407 e. The van der Waals surface area contributed by atoms with Crippen molar-refractivity contribution in [1.29, 1.82) is 0 Å². The molecule has 2 amide bonds. The molecule has 1 aromatic carbocycles. The number of carboxylic acid groups (broad SMARTS) is 1. The summed E-state index contributed by atoms with van der Waals surface area (Å²) in [6.07, 6.45) is 0.245. The summed E-state index contributed by atoms with van der Waals surface area (Å²) in [5, 5.41) is 13.0. The zero-order chi connectivity index (χ0) is 18.4. The van der Waals surface area contributed by atoms with Crippen molar-refractivity contribution in [3.05, 3.63) is 34.9 Å². The Bertz CT molecular complexity index is 676. The number of carbonyl (C=O) groups is 2. The van der Waals surface area contributed by atoms with E-state index in [0.29, 0.717) is 31.0 Å². The molecule has 3 rings (SSSR count). The Kier molecular flexibility index (Phi) is 4.45. The second-order valence-electron chi connectivity index (χ2n) is 7.79. The van der Waals surface area contributed by atoms with Crippen molar-refractivity contribution in [3.8, 4) is 0 Å². The first-order chi connectivity index (χ1) is 11.6. The average molecular weight is 366 g/mol. The highest BCUT2D eigenvalue weighted by atomic mass is 35.5. The highest BCUT2D eigenvalue weighted by molar-refractivity contribution is 6.30. The third kappa shape index (κ3) is 3.20. The van der Waals surface area contributed by atoms with Crippen LogP contribution in [0.25, 0.3) is 0 Å². The molecule has 0 aliphatic carbocycles. The van der Waals surface area contributed by atoms with Gasteiger partial charge in [-0.25, -0.2) is 4.79 Å². The van der Waals surface area contributed by atoms with Gasteiger partial charge in [0.25, 0.3) is 0 Å². The van der Waals surface area contributed by atoms with Crippen LogP contribution >= 0.6 is 11.6 Å². The Labute approximate surface area is 152 Å². The molecular formula is C18H24ClN3O3. The molecule has 0 aromatic heterocycles. The van der Waals surface area contributed by atoms with E-state index in [-0.39, 0.29) is 11.4 Å². The number of rotatable bonds is 1. The van der Waals surface area contributed by atoms with Crippen LogP contribution in [0.2, 0.25) is 5.02 Å². The van der Waals surface area contributed by atoms with Gasteiger partial charge in [0.1, 0.15) is 6.04 Å². The Morgan fingerprint density at radius 2 is 1.80 bits per heavy atom. The van der Waals surface area contributed by atoms with E-state index in [1.165, 1.54) is 4.90 Å². The second kappa shape index (κ2) is 6.18. The summed E-state index contributed by atoms with van der Waals surface area (Å²) < 4.78 is 0. The number of likely N-dealkylation sites (tertiary alicyclic amines) is 1. The Morgan fingerprint density at radius 1 is 1.24 bits per heavy atom. The summed E-state index contributed by atoms with van der Waals surface area (Å²) in [6, 6.07) is 6.95. The average Bonchev–Trinajstić information content (AvgIpc) is 2.80. The van der Waals surface area contributed by atoms with Crippen LogP contribution in [0.15, 0.2) is 24.3 Å². The first kappa shape index (κ1) is 18.0. The van der Waals surface area contributed by atoms with Crippen LogP contribution in [0.3, 0.4) is 0 Å². The highest BCUT2D eigenvalue weighted by Gasteiger charge is 2.56. The minimum absolute atomic E-state index is 0.0407. The van der Waals surface area contributed by atoms with E-state index < -0.39 is 17.8 Å². The number of amides is 2. The summed E-state index contributed by atoms with van der Waals surface area (Å²) in [7, 11) is 0. The van der Waals surface area contributed by atoms with Gasteiger partial charge in [-0.3, -0.25) is 9.69 Å². The van der Waals surface area contributed by atoms with E-state index in [4.69, 9.17) is 11.6 Å². The van der Waals surface area contributed by atoms with Gasteiger partial charge in [-0.05, 0) is 38.5 Å². The van der Waals surface area contributed by atoms with Crippen LogP contribution < -0.4 is 5.32 Å². The normalized spacial score (nSPS) is 23.8. The first-order valence-corrected chi connectivity index (χ1v) is 8.87. The second-order valence-corrected chi connectivity index (χ2v) is 8.22. The lowest BCUT2D eigenvalue weighted by molar-refractivity contribution is -0.122. The third-order valence-corrected chi connectivity index (χ3v) is 5.35. The Balaban J connectivity index is 1.97. The summed E-state index contributed by atoms with van der Waals surface area (Å²) in [6.45, 7) is 7.08. The highest BCUT2D eigenvalue weighted by Crippen LogP contribution is 2.44. The number of hydrogen-bond donors (Lipinski definition) is 2. The number of halogens is 1. The summed E-state index contributed by atoms with van der Waals surface area (Å²) in [5.74, 6) is -0.0407. The van der Waals surface area contributed by atoms with Gasteiger partial charge in [-0.2, -0.15) is 0 Å². The molecule has 1 spiro atoms. The largest absolute Gasteiger partial charge is 0.465 e.